The fourth-order valence-corrected chi connectivity index (χ4v) is 4.28. The van der Waals surface area contributed by atoms with E-state index in [-0.39, 0.29) is 23.0 Å². The molecule has 0 spiro atoms. The van der Waals surface area contributed by atoms with Gasteiger partial charge in [-0.05, 0) is 55.8 Å². The number of hydrogen-bond acceptors (Lipinski definition) is 6. The number of carbonyl (C=O) groups is 2. The van der Waals surface area contributed by atoms with Gasteiger partial charge in [-0.1, -0.05) is 47.7 Å². The number of carboxylic acids is 1. The van der Waals surface area contributed by atoms with Crippen molar-refractivity contribution in [2.45, 2.75) is 19.0 Å². The van der Waals surface area contributed by atoms with Crippen molar-refractivity contribution in [3.8, 4) is 22.8 Å². The normalized spacial score (nSPS) is 10.8. The van der Waals surface area contributed by atoms with Gasteiger partial charge in [0.25, 0.3) is 0 Å². The van der Waals surface area contributed by atoms with Crippen LogP contribution in [0.3, 0.4) is 0 Å². The Morgan fingerprint density at radius 2 is 1.79 bits per heavy atom. The van der Waals surface area contributed by atoms with Crippen LogP contribution in [0.5, 0.6) is 5.75 Å². The van der Waals surface area contributed by atoms with Crippen molar-refractivity contribution in [2.75, 3.05) is 11.1 Å². The molecule has 1 amide bonds. The molecule has 0 atom stereocenters. The zero-order valence-electron chi connectivity index (χ0n) is 18.5. The Kier molecular flexibility index (Phi) is 6.65. The SMILES string of the molecule is Cc1ccc(-n2c(SCC(=O)Nc3cccc(C(=O)O)c3)nnc2-c2ccccc2O)c(C)c1. The van der Waals surface area contributed by atoms with Crippen molar-refractivity contribution in [1.82, 2.24) is 14.8 Å². The number of carboxylic acid groups (broad SMARTS) is 1. The molecular formula is C25H22N4O4S. The number of thioether (sulfide) groups is 1. The van der Waals surface area contributed by atoms with Crippen LogP contribution in [0.15, 0.2) is 71.9 Å². The first-order valence-corrected chi connectivity index (χ1v) is 11.4. The van der Waals surface area contributed by atoms with Crippen LogP contribution in [0, 0.1) is 13.8 Å². The summed E-state index contributed by atoms with van der Waals surface area (Å²) in [5.74, 6) is -0.813. The van der Waals surface area contributed by atoms with Gasteiger partial charge in [0.1, 0.15) is 5.75 Å². The molecule has 34 heavy (non-hydrogen) atoms. The predicted octanol–water partition coefficient (Wildman–Crippen LogP) is 4.69. The van der Waals surface area contributed by atoms with E-state index >= 15 is 0 Å². The van der Waals surface area contributed by atoms with Crippen molar-refractivity contribution in [2.24, 2.45) is 0 Å². The molecule has 172 valence electrons. The molecule has 3 N–H and O–H groups in total. The minimum Gasteiger partial charge on any atom is -0.507 e. The van der Waals surface area contributed by atoms with E-state index in [0.717, 1.165) is 16.8 Å². The molecule has 0 saturated carbocycles. The molecule has 1 aromatic heterocycles. The fourth-order valence-electron chi connectivity index (χ4n) is 3.53. The summed E-state index contributed by atoms with van der Waals surface area (Å²) in [5, 5.41) is 31.4. The average Bonchev–Trinajstić information content (AvgIpc) is 3.21. The lowest BCUT2D eigenvalue weighted by molar-refractivity contribution is -0.113. The number of nitrogens with zero attached hydrogens (tertiary/aromatic N) is 3. The summed E-state index contributed by atoms with van der Waals surface area (Å²) in [6.45, 7) is 3.99. The summed E-state index contributed by atoms with van der Waals surface area (Å²) in [4.78, 5) is 23.7. The highest BCUT2D eigenvalue weighted by Crippen LogP contribution is 2.33. The van der Waals surface area contributed by atoms with Crippen LogP contribution in [-0.4, -0.2) is 42.6 Å². The second-order valence-corrected chi connectivity index (χ2v) is 8.61. The highest BCUT2D eigenvalue weighted by Gasteiger charge is 2.20. The number of aromatic carboxylic acids is 1. The van der Waals surface area contributed by atoms with Gasteiger partial charge in [-0.2, -0.15) is 0 Å². The maximum Gasteiger partial charge on any atom is 0.335 e. The Balaban J connectivity index is 1.63. The van der Waals surface area contributed by atoms with E-state index in [2.05, 4.69) is 15.5 Å². The topological polar surface area (TPSA) is 117 Å². The molecule has 3 aromatic carbocycles. The monoisotopic (exact) mass is 474 g/mol. The van der Waals surface area contributed by atoms with Gasteiger partial charge in [0.2, 0.25) is 5.91 Å². The van der Waals surface area contributed by atoms with Crippen molar-refractivity contribution in [1.29, 1.82) is 0 Å². The number of hydrogen-bond donors (Lipinski definition) is 3. The van der Waals surface area contributed by atoms with Crippen LogP contribution >= 0.6 is 11.8 Å². The Labute approximate surface area is 200 Å². The van der Waals surface area contributed by atoms with E-state index < -0.39 is 5.97 Å². The lowest BCUT2D eigenvalue weighted by atomic mass is 10.1. The fraction of sp³-hybridized carbons (Fsp3) is 0.120. The Hall–Kier alpha value is -4.11. The summed E-state index contributed by atoms with van der Waals surface area (Å²) >= 11 is 1.19. The van der Waals surface area contributed by atoms with Crippen molar-refractivity contribution < 1.29 is 19.8 Å². The standard InChI is InChI=1S/C25H22N4O4S/c1-15-10-11-20(16(2)12-15)29-23(19-8-3-4-9-21(19)30)27-28-25(29)34-14-22(31)26-18-7-5-6-17(13-18)24(32)33/h3-13,30H,14H2,1-2H3,(H,26,31)(H,32,33). The Morgan fingerprint density at radius 3 is 2.53 bits per heavy atom. The molecule has 0 saturated heterocycles. The summed E-state index contributed by atoms with van der Waals surface area (Å²) in [7, 11) is 0. The maximum absolute atomic E-state index is 12.6. The molecule has 0 fully saturated rings. The number of aromatic hydroxyl groups is 1. The predicted molar refractivity (Wildman–Crippen MR) is 131 cm³/mol. The van der Waals surface area contributed by atoms with Crippen LogP contribution in [0.2, 0.25) is 0 Å². The minimum absolute atomic E-state index is 0.0289. The van der Waals surface area contributed by atoms with Gasteiger partial charge in [-0.15, -0.1) is 10.2 Å². The number of nitrogens with one attached hydrogen (secondary N) is 1. The first-order valence-electron chi connectivity index (χ1n) is 10.4. The summed E-state index contributed by atoms with van der Waals surface area (Å²) in [6.07, 6.45) is 0. The Bertz CT molecular complexity index is 1380. The average molecular weight is 475 g/mol. The van der Waals surface area contributed by atoms with Gasteiger partial charge in [0.15, 0.2) is 11.0 Å². The van der Waals surface area contributed by atoms with E-state index in [0.29, 0.717) is 22.2 Å². The number of para-hydroxylation sites is 1. The largest absolute Gasteiger partial charge is 0.507 e. The molecule has 0 radical (unpaired) electrons. The zero-order chi connectivity index (χ0) is 24.2. The number of amides is 1. The number of aromatic nitrogens is 3. The third kappa shape index (κ3) is 4.94. The number of carbonyl (C=O) groups excluding carboxylic acids is 1. The molecule has 0 aliphatic carbocycles. The van der Waals surface area contributed by atoms with Crippen LogP contribution in [0.25, 0.3) is 17.1 Å². The second kappa shape index (κ2) is 9.80. The van der Waals surface area contributed by atoms with Crippen molar-refractivity contribution in [3.05, 3.63) is 83.4 Å². The number of rotatable bonds is 7. The van der Waals surface area contributed by atoms with E-state index in [9.17, 15) is 14.7 Å². The molecule has 1 heterocycles. The lowest BCUT2D eigenvalue weighted by Crippen LogP contribution is -2.15. The zero-order valence-corrected chi connectivity index (χ0v) is 19.3. The van der Waals surface area contributed by atoms with Gasteiger partial charge in [0, 0.05) is 5.69 Å². The molecule has 0 bridgehead atoms. The minimum atomic E-state index is -1.07. The highest BCUT2D eigenvalue weighted by atomic mass is 32.2. The maximum atomic E-state index is 12.6. The number of aryl methyl sites for hydroxylation is 2. The summed E-state index contributed by atoms with van der Waals surface area (Å²) in [5.41, 5.74) is 3.95. The first-order chi connectivity index (χ1) is 16.3. The van der Waals surface area contributed by atoms with Crippen LogP contribution < -0.4 is 5.32 Å². The van der Waals surface area contributed by atoms with Crippen LogP contribution in [-0.2, 0) is 4.79 Å². The van der Waals surface area contributed by atoms with Crippen LogP contribution in [0.4, 0.5) is 5.69 Å². The molecule has 9 heteroatoms. The van der Waals surface area contributed by atoms with E-state index in [1.54, 1.807) is 30.3 Å². The number of phenols is 1. The number of phenolic OH excluding ortho intramolecular Hbond substituents is 1. The van der Waals surface area contributed by atoms with Gasteiger partial charge in [-0.3, -0.25) is 9.36 Å². The third-order valence-electron chi connectivity index (χ3n) is 5.10. The second-order valence-electron chi connectivity index (χ2n) is 7.67. The number of benzene rings is 3. The summed E-state index contributed by atoms with van der Waals surface area (Å²) in [6, 6.07) is 18.9. The van der Waals surface area contributed by atoms with E-state index in [1.165, 1.54) is 23.9 Å². The first kappa shape index (κ1) is 23.1. The van der Waals surface area contributed by atoms with Crippen molar-refractivity contribution >= 4 is 29.3 Å². The lowest BCUT2D eigenvalue weighted by Gasteiger charge is -2.14. The molecular weight excluding hydrogens is 452 g/mol. The molecule has 8 nitrogen and oxygen atoms in total. The van der Waals surface area contributed by atoms with E-state index in [4.69, 9.17) is 5.11 Å². The van der Waals surface area contributed by atoms with Gasteiger partial charge >= 0.3 is 5.97 Å². The highest BCUT2D eigenvalue weighted by molar-refractivity contribution is 7.99. The molecule has 0 unspecified atom stereocenters. The number of anilines is 1. The van der Waals surface area contributed by atoms with Crippen molar-refractivity contribution in [3.63, 3.8) is 0 Å². The van der Waals surface area contributed by atoms with Crippen LogP contribution in [0.1, 0.15) is 21.5 Å². The third-order valence-corrected chi connectivity index (χ3v) is 6.03. The smallest absolute Gasteiger partial charge is 0.335 e. The van der Waals surface area contributed by atoms with Gasteiger partial charge < -0.3 is 15.5 Å². The molecule has 4 aromatic rings. The summed E-state index contributed by atoms with van der Waals surface area (Å²) < 4.78 is 1.83. The van der Waals surface area contributed by atoms with Gasteiger partial charge in [0.05, 0.1) is 22.6 Å². The molecule has 0 aliphatic rings. The van der Waals surface area contributed by atoms with Gasteiger partial charge in [-0.25, -0.2) is 4.79 Å². The molecule has 4 rings (SSSR count). The Morgan fingerprint density at radius 1 is 1.00 bits per heavy atom. The van der Waals surface area contributed by atoms with E-state index in [1.807, 2.05) is 42.7 Å². The quantitative estimate of drug-likeness (QED) is 0.333. The molecule has 0 aliphatic heterocycles.